The largest absolute Gasteiger partial charge is 0.465 e. The van der Waals surface area contributed by atoms with Gasteiger partial charge in [0, 0.05) is 6.42 Å². The quantitative estimate of drug-likeness (QED) is 0.839. The summed E-state index contributed by atoms with van der Waals surface area (Å²) in [7, 11) is -3.58. The molecule has 1 saturated heterocycles. The normalized spacial score (nSPS) is 21.9. The number of sulfone groups is 1. The third-order valence-electron chi connectivity index (χ3n) is 3.93. The average molecular weight is 350 g/mol. The summed E-state index contributed by atoms with van der Waals surface area (Å²) >= 11 is 0. The summed E-state index contributed by atoms with van der Waals surface area (Å²) in [5.74, 6) is 0.104. The summed E-state index contributed by atoms with van der Waals surface area (Å²) in [4.78, 5) is 0.248. The summed E-state index contributed by atoms with van der Waals surface area (Å²) in [5.41, 5.74) is -0.937. The SMILES string of the molecule is O=S(=O)(c1ccccc1)C1CCCCC(Oc2ccc(F)cc2)O1. The van der Waals surface area contributed by atoms with Gasteiger partial charge in [-0.05, 0) is 55.7 Å². The Morgan fingerprint density at radius 3 is 2.33 bits per heavy atom. The first-order valence-corrected chi connectivity index (χ1v) is 9.47. The molecule has 2 unspecified atom stereocenters. The second-order valence-electron chi connectivity index (χ2n) is 5.71. The maximum absolute atomic E-state index is 13.0. The standard InChI is InChI=1S/C18H19FO4S/c19-14-10-12-15(13-11-14)22-17-8-4-5-9-18(23-17)24(20,21)16-6-2-1-3-7-16/h1-3,6-7,10-13,17-18H,4-5,8-9H2. The van der Waals surface area contributed by atoms with Crippen molar-refractivity contribution in [3.05, 3.63) is 60.4 Å². The van der Waals surface area contributed by atoms with Crippen molar-refractivity contribution in [1.82, 2.24) is 0 Å². The van der Waals surface area contributed by atoms with Crippen LogP contribution in [0.5, 0.6) is 5.75 Å². The van der Waals surface area contributed by atoms with Crippen LogP contribution in [-0.4, -0.2) is 20.1 Å². The van der Waals surface area contributed by atoms with Gasteiger partial charge >= 0.3 is 0 Å². The van der Waals surface area contributed by atoms with Crippen LogP contribution < -0.4 is 4.74 Å². The van der Waals surface area contributed by atoms with Gasteiger partial charge in [0.05, 0.1) is 4.90 Å². The minimum atomic E-state index is -3.58. The van der Waals surface area contributed by atoms with Crippen LogP contribution in [-0.2, 0) is 14.6 Å². The molecule has 0 amide bonds. The van der Waals surface area contributed by atoms with Crippen molar-refractivity contribution in [2.45, 2.75) is 42.3 Å². The minimum Gasteiger partial charge on any atom is -0.465 e. The molecule has 1 fully saturated rings. The van der Waals surface area contributed by atoms with E-state index >= 15 is 0 Å². The predicted octanol–water partition coefficient (Wildman–Crippen LogP) is 3.92. The first-order chi connectivity index (χ1) is 11.6. The van der Waals surface area contributed by atoms with Gasteiger partial charge in [-0.3, -0.25) is 0 Å². The smallest absolute Gasteiger partial charge is 0.205 e. The van der Waals surface area contributed by atoms with Gasteiger partial charge in [0.25, 0.3) is 0 Å². The van der Waals surface area contributed by atoms with Crippen molar-refractivity contribution >= 4 is 9.84 Å². The van der Waals surface area contributed by atoms with E-state index in [9.17, 15) is 12.8 Å². The Hall–Kier alpha value is -1.92. The van der Waals surface area contributed by atoms with Gasteiger partial charge in [-0.25, -0.2) is 12.8 Å². The van der Waals surface area contributed by atoms with E-state index in [1.165, 1.54) is 24.3 Å². The lowest BCUT2D eigenvalue weighted by Gasteiger charge is -2.22. The van der Waals surface area contributed by atoms with E-state index < -0.39 is 21.6 Å². The molecule has 0 aromatic heterocycles. The molecule has 2 aromatic rings. The molecule has 0 bridgehead atoms. The van der Waals surface area contributed by atoms with Gasteiger partial charge in [0.2, 0.25) is 16.1 Å². The van der Waals surface area contributed by atoms with Crippen LogP contribution in [0.25, 0.3) is 0 Å². The molecule has 3 rings (SSSR count). The van der Waals surface area contributed by atoms with Gasteiger partial charge in [-0.15, -0.1) is 0 Å². The molecule has 1 heterocycles. The zero-order valence-corrected chi connectivity index (χ0v) is 13.9. The molecule has 6 heteroatoms. The highest BCUT2D eigenvalue weighted by molar-refractivity contribution is 7.91. The van der Waals surface area contributed by atoms with Crippen LogP contribution in [0.15, 0.2) is 59.5 Å². The van der Waals surface area contributed by atoms with Gasteiger partial charge in [0.15, 0.2) is 5.44 Å². The number of hydrogen-bond acceptors (Lipinski definition) is 4. The summed E-state index contributed by atoms with van der Waals surface area (Å²) < 4.78 is 49.9. The lowest BCUT2D eigenvalue weighted by atomic mass is 10.2. The summed E-state index contributed by atoms with van der Waals surface area (Å²) in [6.07, 6.45) is 1.92. The Bertz CT molecular complexity index is 759. The molecule has 0 N–H and O–H groups in total. The third kappa shape index (κ3) is 3.94. The molecule has 1 aliphatic rings. The number of benzene rings is 2. The molecule has 2 aromatic carbocycles. The van der Waals surface area contributed by atoms with Gasteiger partial charge < -0.3 is 9.47 Å². The lowest BCUT2D eigenvalue weighted by Crippen LogP contribution is -2.31. The van der Waals surface area contributed by atoms with Crippen LogP contribution in [0, 0.1) is 5.82 Å². The molecule has 0 saturated carbocycles. The topological polar surface area (TPSA) is 52.6 Å². The van der Waals surface area contributed by atoms with E-state index in [-0.39, 0.29) is 10.7 Å². The van der Waals surface area contributed by atoms with Crippen molar-refractivity contribution in [3.63, 3.8) is 0 Å². The first-order valence-electron chi connectivity index (χ1n) is 7.92. The summed E-state index contributed by atoms with van der Waals surface area (Å²) in [6, 6.07) is 13.9. The van der Waals surface area contributed by atoms with Crippen molar-refractivity contribution < 1.29 is 22.3 Å². The van der Waals surface area contributed by atoms with Crippen molar-refractivity contribution in [1.29, 1.82) is 0 Å². The van der Waals surface area contributed by atoms with E-state index in [2.05, 4.69) is 0 Å². The van der Waals surface area contributed by atoms with E-state index in [1.807, 2.05) is 0 Å². The van der Waals surface area contributed by atoms with Crippen LogP contribution in [0.3, 0.4) is 0 Å². The third-order valence-corrected chi connectivity index (χ3v) is 5.90. The van der Waals surface area contributed by atoms with Gasteiger partial charge in [-0.1, -0.05) is 18.2 Å². The van der Waals surface area contributed by atoms with Crippen LogP contribution in [0.2, 0.25) is 0 Å². The Morgan fingerprint density at radius 2 is 1.62 bits per heavy atom. The second kappa shape index (κ2) is 7.32. The van der Waals surface area contributed by atoms with Crippen molar-refractivity contribution in [2.24, 2.45) is 0 Å². The zero-order chi connectivity index (χ0) is 17.0. The molecular weight excluding hydrogens is 331 g/mol. The number of halogens is 1. The molecule has 2 atom stereocenters. The molecule has 4 nitrogen and oxygen atoms in total. The highest BCUT2D eigenvalue weighted by Gasteiger charge is 2.33. The van der Waals surface area contributed by atoms with Crippen LogP contribution in [0.1, 0.15) is 25.7 Å². The fraction of sp³-hybridized carbons (Fsp3) is 0.333. The van der Waals surface area contributed by atoms with E-state index in [1.54, 1.807) is 30.3 Å². The van der Waals surface area contributed by atoms with Crippen molar-refractivity contribution in [3.8, 4) is 5.75 Å². The molecule has 128 valence electrons. The van der Waals surface area contributed by atoms with Gasteiger partial charge in [0.1, 0.15) is 11.6 Å². The Balaban J connectivity index is 1.76. The zero-order valence-electron chi connectivity index (χ0n) is 13.1. The lowest BCUT2D eigenvalue weighted by molar-refractivity contribution is -0.0908. The Labute approximate surface area is 141 Å². The second-order valence-corrected chi connectivity index (χ2v) is 7.80. The monoisotopic (exact) mass is 350 g/mol. The molecule has 1 aliphatic heterocycles. The molecule has 0 aliphatic carbocycles. The van der Waals surface area contributed by atoms with E-state index in [0.29, 0.717) is 18.6 Å². The fourth-order valence-electron chi connectivity index (χ4n) is 2.67. The number of rotatable bonds is 4. The average Bonchev–Trinajstić information content (AvgIpc) is 2.84. The maximum Gasteiger partial charge on any atom is 0.205 e. The first kappa shape index (κ1) is 16.9. The van der Waals surface area contributed by atoms with Crippen LogP contribution >= 0.6 is 0 Å². The minimum absolute atomic E-state index is 0.248. The summed E-state index contributed by atoms with van der Waals surface area (Å²) in [6.45, 7) is 0. The maximum atomic E-state index is 13.0. The van der Waals surface area contributed by atoms with E-state index in [4.69, 9.17) is 9.47 Å². The highest BCUT2D eigenvalue weighted by atomic mass is 32.2. The molecule has 24 heavy (non-hydrogen) atoms. The number of hydrogen-bond donors (Lipinski definition) is 0. The van der Waals surface area contributed by atoms with Crippen LogP contribution in [0.4, 0.5) is 4.39 Å². The van der Waals surface area contributed by atoms with E-state index in [0.717, 1.165) is 12.8 Å². The molecular formula is C18H19FO4S. The van der Waals surface area contributed by atoms with Gasteiger partial charge in [-0.2, -0.15) is 0 Å². The Kier molecular flexibility index (Phi) is 5.16. The number of ether oxygens (including phenoxy) is 2. The van der Waals surface area contributed by atoms with Crippen molar-refractivity contribution in [2.75, 3.05) is 0 Å². The summed E-state index contributed by atoms with van der Waals surface area (Å²) in [5, 5.41) is 0. The Morgan fingerprint density at radius 1 is 0.958 bits per heavy atom. The highest BCUT2D eigenvalue weighted by Crippen LogP contribution is 2.28. The fourth-order valence-corrected chi connectivity index (χ4v) is 4.26. The predicted molar refractivity (Wildman–Crippen MR) is 87.8 cm³/mol. The molecule has 0 radical (unpaired) electrons. The molecule has 0 spiro atoms.